The van der Waals surface area contributed by atoms with Gasteiger partial charge in [0.25, 0.3) is 0 Å². The van der Waals surface area contributed by atoms with E-state index in [2.05, 4.69) is 42.2 Å². The molecule has 70 valence electrons. The van der Waals surface area contributed by atoms with Gasteiger partial charge in [-0.2, -0.15) is 0 Å². The number of rotatable bonds is 1. The molecule has 1 aliphatic heterocycles. The SMILES string of the molecule is CC1CCCN(c2ccccc2)C1. The van der Waals surface area contributed by atoms with E-state index in [9.17, 15) is 0 Å². The van der Waals surface area contributed by atoms with Crippen molar-refractivity contribution in [1.29, 1.82) is 0 Å². The Balaban J connectivity index is 2.08. The summed E-state index contributed by atoms with van der Waals surface area (Å²) >= 11 is 0. The Bertz CT molecular complexity index is 255. The van der Waals surface area contributed by atoms with Gasteiger partial charge >= 0.3 is 0 Å². The van der Waals surface area contributed by atoms with Gasteiger partial charge in [-0.05, 0) is 30.9 Å². The standard InChI is InChI=1S/C12H17N/c1-11-6-5-9-13(10-11)12-7-3-2-4-8-12/h2-4,7-8,11H,5-6,9-10H2,1H3. The normalized spacial score (nSPS) is 23.2. The molecule has 1 unspecified atom stereocenters. The molecule has 0 spiro atoms. The summed E-state index contributed by atoms with van der Waals surface area (Å²) in [4.78, 5) is 2.49. The first-order valence-electron chi connectivity index (χ1n) is 5.16. The van der Waals surface area contributed by atoms with Crippen molar-refractivity contribution in [2.45, 2.75) is 19.8 Å². The van der Waals surface area contributed by atoms with Crippen molar-refractivity contribution in [1.82, 2.24) is 0 Å². The Morgan fingerprint density at radius 3 is 2.69 bits per heavy atom. The quantitative estimate of drug-likeness (QED) is 0.634. The van der Waals surface area contributed by atoms with E-state index in [0.29, 0.717) is 0 Å². The molecule has 1 heterocycles. The van der Waals surface area contributed by atoms with Gasteiger partial charge in [0.1, 0.15) is 0 Å². The number of nitrogens with zero attached hydrogens (tertiary/aromatic N) is 1. The monoisotopic (exact) mass is 175 g/mol. The van der Waals surface area contributed by atoms with Crippen LogP contribution < -0.4 is 4.90 Å². The summed E-state index contributed by atoms with van der Waals surface area (Å²) in [5.41, 5.74) is 1.38. The maximum atomic E-state index is 2.49. The fourth-order valence-corrected chi connectivity index (χ4v) is 2.06. The van der Waals surface area contributed by atoms with Crippen LogP contribution in [0.2, 0.25) is 0 Å². The zero-order valence-electron chi connectivity index (χ0n) is 8.24. The predicted octanol–water partition coefficient (Wildman–Crippen LogP) is 2.92. The molecule has 0 radical (unpaired) electrons. The third kappa shape index (κ3) is 2.03. The first-order chi connectivity index (χ1) is 6.36. The first-order valence-corrected chi connectivity index (χ1v) is 5.16. The highest BCUT2D eigenvalue weighted by molar-refractivity contribution is 5.46. The number of para-hydroxylation sites is 1. The molecule has 0 aromatic heterocycles. The molecule has 0 amide bonds. The van der Waals surface area contributed by atoms with Crippen LogP contribution in [0.3, 0.4) is 0 Å². The molecule has 1 aromatic carbocycles. The van der Waals surface area contributed by atoms with E-state index in [1.54, 1.807) is 0 Å². The molecule has 13 heavy (non-hydrogen) atoms. The van der Waals surface area contributed by atoms with E-state index in [1.165, 1.54) is 31.6 Å². The molecule has 1 saturated heterocycles. The summed E-state index contributed by atoms with van der Waals surface area (Å²) in [6.07, 6.45) is 2.74. The summed E-state index contributed by atoms with van der Waals surface area (Å²) in [7, 11) is 0. The van der Waals surface area contributed by atoms with Crippen LogP contribution in [-0.4, -0.2) is 13.1 Å². The lowest BCUT2D eigenvalue weighted by atomic mass is 10.00. The van der Waals surface area contributed by atoms with Crippen LogP contribution in [0.15, 0.2) is 30.3 Å². The van der Waals surface area contributed by atoms with Gasteiger partial charge in [0, 0.05) is 18.8 Å². The van der Waals surface area contributed by atoms with Crippen LogP contribution in [0.5, 0.6) is 0 Å². The van der Waals surface area contributed by atoms with Gasteiger partial charge in [-0.25, -0.2) is 0 Å². The molecular weight excluding hydrogens is 158 g/mol. The highest BCUT2D eigenvalue weighted by atomic mass is 15.1. The average molecular weight is 175 g/mol. The van der Waals surface area contributed by atoms with Crippen molar-refractivity contribution in [2.24, 2.45) is 5.92 Å². The van der Waals surface area contributed by atoms with Crippen LogP contribution in [0.1, 0.15) is 19.8 Å². The average Bonchev–Trinajstić information content (AvgIpc) is 2.19. The Hall–Kier alpha value is -0.980. The lowest BCUT2D eigenvalue weighted by Gasteiger charge is -2.32. The number of piperidine rings is 1. The smallest absolute Gasteiger partial charge is 0.0366 e. The van der Waals surface area contributed by atoms with E-state index < -0.39 is 0 Å². The second kappa shape index (κ2) is 3.82. The van der Waals surface area contributed by atoms with Gasteiger partial charge in [-0.15, -0.1) is 0 Å². The number of hydrogen-bond acceptors (Lipinski definition) is 1. The lowest BCUT2D eigenvalue weighted by Crippen LogP contribution is -2.34. The molecule has 1 heteroatoms. The molecular formula is C12H17N. The molecule has 0 N–H and O–H groups in total. The predicted molar refractivity (Wildman–Crippen MR) is 57.1 cm³/mol. The zero-order valence-corrected chi connectivity index (χ0v) is 8.24. The van der Waals surface area contributed by atoms with Crippen molar-refractivity contribution in [3.8, 4) is 0 Å². The second-order valence-corrected chi connectivity index (χ2v) is 4.03. The Morgan fingerprint density at radius 2 is 2.00 bits per heavy atom. The van der Waals surface area contributed by atoms with E-state index in [1.807, 2.05) is 0 Å². The Morgan fingerprint density at radius 1 is 1.23 bits per heavy atom. The first kappa shape index (κ1) is 8.61. The Kier molecular flexibility index (Phi) is 2.53. The van der Waals surface area contributed by atoms with Crippen molar-refractivity contribution in [2.75, 3.05) is 18.0 Å². The van der Waals surface area contributed by atoms with E-state index >= 15 is 0 Å². The summed E-state index contributed by atoms with van der Waals surface area (Å²) < 4.78 is 0. The van der Waals surface area contributed by atoms with Crippen molar-refractivity contribution in [3.05, 3.63) is 30.3 Å². The molecule has 0 bridgehead atoms. The summed E-state index contributed by atoms with van der Waals surface area (Å²) in [6, 6.07) is 10.7. The molecule has 1 nitrogen and oxygen atoms in total. The van der Waals surface area contributed by atoms with Gasteiger partial charge in [0.15, 0.2) is 0 Å². The summed E-state index contributed by atoms with van der Waals surface area (Å²) in [5, 5.41) is 0. The minimum absolute atomic E-state index is 0.856. The largest absolute Gasteiger partial charge is 0.371 e. The minimum Gasteiger partial charge on any atom is -0.371 e. The topological polar surface area (TPSA) is 3.24 Å². The van der Waals surface area contributed by atoms with Crippen LogP contribution in [0.4, 0.5) is 5.69 Å². The highest BCUT2D eigenvalue weighted by Crippen LogP contribution is 2.21. The molecule has 1 atom stereocenters. The van der Waals surface area contributed by atoms with E-state index in [-0.39, 0.29) is 0 Å². The molecule has 1 fully saturated rings. The zero-order chi connectivity index (χ0) is 9.10. The number of hydrogen-bond donors (Lipinski definition) is 0. The van der Waals surface area contributed by atoms with Gasteiger partial charge in [-0.3, -0.25) is 0 Å². The Labute approximate surface area is 80.4 Å². The molecule has 0 saturated carbocycles. The second-order valence-electron chi connectivity index (χ2n) is 4.03. The van der Waals surface area contributed by atoms with Crippen LogP contribution >= 0.6 is 0 Å². The van der Waals surface area contributed by atoms with E-state index in [0.717, 1.165) is 5.92 Å². The fourth-order valence-electron chi connectivity index (χ4n) is 2.06. The van der Waals surface area contributed by atoms with Crippen LogP contribution in [-0.2, 0) is 0 Å². The van der Waals surface area contributed by atoms with Gasteiger partial charge < -0.3 is 4.90 Å². The van der Waals surface area contributed by atoms with Crippen LogP contribution in [0, 0.1) is 5.92 Å². The summed E-state index contributed by atoms with van der Waals surface area (Å²) in [6.45, 7) is 4.80. The minimum atomic E-state index is 0.856. The van der Waals surface area contributed by atoms with Crippen molar-refractivity contribution < 1.29 is 0 Å². The van der Waals surface area contributed by atoms with Crippen LogP contribution in [0.25, 0.3) is 0 Å². The molecule has 1 aliphatic rings. The highest BCUT2D eigenvalue weighted by Gasteiger charge is 2.15. The lowest BCUT2D eigenvalue weighted by molar-refractivity contribution is 0.447. The van der Waals surface area contributed by atoms with Gasteiger partial charge in [0.2, 0.25) is 0 Å². The number of anilines is 1. The van der Waals surface area contributed by atoms with E-state index in [4.69, 9.17) is 0 Å². The molecule has 1 aromatic rings. The van der Waals surface area contributed by atoms with Crippen molar-refractivity contribution >= 4 is 5.69 Å². The number of benzene rings is 1. The van der Waals surface area contributed by atoms with Gasteiger partial charge in [-0.1, -0.05) is 25.1 Å². The molecule has 2 rings (SSSR count). The fraction of sp³-hybridized carbons (Fsp3) is 0.500. The molecule has 0 aliphatic carbocycles. The van der Waals surface area contributed by atoms with Crippen molar-refractivity contribution in [3.63, 3.8) is 0 Å². The maximum Gasteiger partial charge on any atom is 0.0366 e. The third-order valence-electron chi connectivity index (χ3n) is 2.78. The summed E-state index contributed by atoms with van der Waals surface area (Å²) in [5.74, 6) is 0.856. The third-order valence-corrected chi connectivity index (χ3v) is 2.78. The van der Waals surface area contributed by atoms with Gasteiger partial charge in [0.05, 0.1) is 0 Å². The maximum absolute atomic E-state index is 2.49.